The monoisotopic (exact) mass is 456 g/mol. The smallest absolute Gasteiger partial charge is 0.0813 e. The Morgan fingerprint density at radius 2 is 1.52 bits per heavy atom. The average molecular weight is 457 g/mol. The van der Waals surface area contributed by atoms with Crippen molar-refractivity contribution in [2.45, 2.75) is 0 Å². The van der Waals surface area contributed by atoms with E-state index in [0.717, 1.165) is 5.52 Å². The van der Waals surface area contributed by atoms with E-state index in [-0.39, 0.29) is 0 Å². The fourth-order valence-corrected chi connectivity index (χ4v) is 7.25. The van der Waals surface area contributed by atoms with E-state index < -0.39 is 0 Å². The first-order valence-corrected chi connectivity index (χ1v) is 12.7. The van der Waals surface area contributed by atoms with Crippen LogP contribution < -0.4 is 0 Å². The van der Waals surface area contributed by atoms with Gasteiger partial charge in [-0.05, 0) is 41.1 Å². The zero-order valence-corrected chi connectivity index (χ0v) is 19.1. The van der Waals surface area contributed by atoms with Crippen molar-refractivity contribution in [2.24, 2.45) is 0 Å². The molecule has 0 radical (unpaired) electrons. The van der Waals surface area contributed by atoms with Gasteiger partial charge in [0, 0.05) is 31.9 Å². The third-order valence-electron chi connectivity index (χ3n) is 6.73. The number of benzene rings is 5. The fourth-order valence-electron chi connectivity index (χ4n) is 5.30. The van der Waals surface area contributed by atoms with Gasteiger partial charge in [0.2, 0.25) is 0 Å². The van der Waals surface area contributed by atoms with Crippen molar-refractivity contribution in [3.63, 3.8) is 0 Å². The Morgan fingerprint density at radius 3 is 2.48 bits per heavy atom. The van der Waals surface area contributed by atoms with Crippen molar-refractivity contribution in [1.29, 1.82) is 0 Å². The van der Waals surface area contributed by atoms with Gasteiger partial charge >= 0.3 is 0 Å². The molecule has 0 aliphatic carbocycles. The topological polar surface area (TPSA) is 17.8 Å². The normalized spacial score (nSPS) is 12.2. The molecule has 0 unspecified atom stereocenters. The standard InChI is InChI=1S/C29H16N2S2/c1-2-6-19-17(5-1)9-14-24-27(19)22-12-11-21-20-7-3-4-8-25(20)33-29(21)28(22)31(24)18-10-13-23-26(15-18)32-16-30-23/h1-16H. The van der Waals surface area contributed by atoms with Crippen molar-refractivity contribution in [1.82, 2.24) is 9.55 Å². The van der Waals surface area contributed by atoms with Gasteiger partial charge in [0.15, 0.2) is 0 Å². The van der Waals surface area contributed by atoms with Gasteiger partial charge in [0.1, 0.15) is 0 Å². The van der Waals surface area contributed by atoms with Crippen molar-refractivity contribution in [3.8, 4) is 5.69 Å². The van der Waals surface area contributed by atoms with Crippen LogP contribution in [0.5, 0.6) is 0 Å². The number of hydrogen-bond donors (Lipinski definition) is 0. The van der Waals surface area contributed by atoms with E-state index in [2.05, 4.69) is 101 Å². The summed E-state index contributed by atoms with van der Waals surface area (Å²) in [7, 11) is 0. The first-order valence-electron chi connectivity index (χ1n) is 11.0. The number of nitrogens with zero attached hydrogens (tertiary/aromatic N) is 2. The molecular formula is C29H16N2S2. The predicted molar refractivity (Wildman–Crippen MR) is 144 cm³/mol. The Morgan fingerprint density at radius 1 is 0.667 bits per heavy atom. The molecule has 8 rings (SSSR count). The second-order valence-corrected chi connectivity index (χ2v) is 10.4. The number of hydrogen-bond acceptors (Lipinski definition) is 3. The van der Waals surface area contributed by atoms with Crippen molar-refractivity contribution in [2.75, 3.05) is 0 Å². The summed E-state index contributed by atoms with van der Waals surface area (Å²) in [6, 6.07) is 33.3. The maximum absolute atomic E-state index is 4.50. The molecule has 0 saturated carbocycles. The molecule has 0 N–H and O–H groups in total. The molecule has 5 aromatic carbocycles. The van der Waals surface area contributed by atoms with Gasteiger partial charge in [-0.1, -0.05) is 60.7 Å². The molecule has 8 aromatic rings. The van der Waals surface area contributed by atoms with Gasteiger partial charge in [-0.2, -0.15) is 0 Å². The molecule has 0 atom stereocenters. The second kappa shape index (κ2) is 6.41. The number of thiophene rings is 1. The van der Waals surface area contributed by atoms with Crippen LogP contribution in [0.3, 0.4) is 0 Å². The quantitative estimate of drug-likeness (QED) is 0.241. The van der Waals surface area contributed by atoms with Gasteiger partial charge in [0.25, 0.3) is 0 Å². The van der Waals surface area contributed by atoms with E-state index in [0.29, 0.717) is 0 Å². The zero-order valence-electron chi connectivity index (χ0n) is 17.4. The molecule has 0 spiro atoms. The zero-order chi connectivity index (χ0) is 21.5. The Hall–Kier alpha value is -3.73. The molecule has 154 valence electrons. The maximum atomic E-state index is 4.50. The van der Waals surface area contributed by atoms with Crippen molar-refractivity contribution < 1.29 is 0 Å². The van der Waals surface area contributed by atoms with E-state index in [1.807, 2.05) is 16.8 Å². The molecule has 3 aromatic heterocycles. The average Bonchev–Trinajstić information content (AvgIpc) is 3.56. The van der Waals surface area contributed by atoms with E-state index in [1.165, 1.54) is 63.1 Å². The highest BCUT2D eigenvalue weighted by Crippen LogP contribution is 2.44. The number of thiazole rings is 1. The summed E-state index contributed by atoms with van der Waals surface area (Å²) in [4.78, 5) is 4.50. The molecule has 0 saturated heterocycles. The summed E-state index contributed by atoms with van der Waals surface area (Å²) >= 11 is 3.59. The predicted octanol–water partition coefficient (Wildman–Crippen LogP) is 8.91. The molecule has 2 nitrogen and oxygen atoms in total. The Labute approximate surface area is 196 Å². The van der Waals surface area contributed by atoms with E-state index in [4.69, 9.17) is 0 Å². The summed E-state index contributed by atoms with van der Waals surface area (Å²) in [6.07, 6.45) is 0. The van der Waals surface area contributed by atoms with E-state index in [1.54, 1.807) is 11.3 Å². The minimum atomic E-state index is 1.06. The Bertz CT molecular complexity index is 2040. The summed E-state index contributed by atoms with van der Waals surface area (Å²) in [5, 5.41) is 7.88. The SMILES string of the molecule is c1ccc2c(c1)ccc1c2c2ccc3c4ccccc4sc3c2n1-c1ccc2ncsc2c1. The lowest BCUT2D eigenvalue weighted by Crippen LogP contribution is -1.93. The highest BCUT2D eigenvalue weighted by Gasteiger charge is 2.19. The van der Waals surface area contributed by atoms with Crippen LogP contribution in [0.4, 0.5) is 0 Å². The second-order valence-electron chi connectivity index (χ2n) is 8.46. The molecule has 3 heterocycles. The highest BCUT2D eigenvalue weighted by molar-refractivity contribution is 7.26. The highest BCUT2D eigenvalue weighted by atomic mass is 32.1. The van der Waals surface area contributed by atoms with E-state index >= 15 is 0 Å². The van der Waals surface area contributed by atoms with Gasteiger partial charge in [-0.3, -0.25) is 0 Å². The summed E-state index contributed by atoms with van der Waals surface area (Å²) < 4.78 is 6.36. The third-order valence-corrected chi connectivity index (χ3v) is 8.72. The van der Waals surface area contributed by atoms with Gasteiger partial charge in [-0.15, -0.1) is 22.7 Å². The Balaban J connectivity index is 1.66. The molecule has 0 aliphatic heterocycles. The van der Waals surface area contributed by atoms with E-state index in [9.17, 15) is 0 Å². The summed E-state index contributed by atoms with van der Waals surface area (Å²) in [6.45, 7) is 0. The molecule has 0 bridgehead atoms. The summed E-state index contributed by atoms with van der Waals surface area (Å²) in [5.41, 5.74) is 6.72. The molecule has 33 heavy (non-hydrogen) atoms. The molecule has 0 fully saturated rings. The minimum absolute atomic E-state index is 1.06. The maximum Gasteiger partial charge on any atom is 0.0813 e. The first kappa shape index (κ1) is 17.8. The Kier molecular flexibility index (Phi) is 3.45. The number of rotatable bonds is 1. The molecule has 4 heteroatoms. The van der Waals surface area contributed by atoms with Crippen LogP contribution in [0.25, 0.3) is 68.7 Å². The lowest BCUT2D eigenvalue weighted by molar-refractivity contribution is 1.19. The molecule has 0 aliphatic rings. The van der Waals surface area contributed by atoms with Crippen molar-refractivity contribution in [3.05, 3.63) is 96.5 Å². The fraction of sp³-hybridized carbons (Fsp3) is 0. The first-order chi connectivity index (χ1) is 16.4. The lowest BCUT2D eigenvalue weighted by Gasteiger charge is -2.09. The third kappa shape index (κ3) is 2.34. The van der Waals surface area contributed by atoms with Crippen LogP contribution in [-0.2, 0) is 0 Å². The van der Waals surface area contributed by atoms with Gasteiger partial charge in [-0.25, -0.2) is 4.98 Å². The van der Waals surface area contributed by atoms with Crippen LogP contribution in [0.2, 0.25) is 0 Å². The largest absolute Gasteiger partial charge is 0.308 e. The van der Waals surface area contributed by atoms with Crippen LogP contribution in [0, 0.1) is 0 Å². The summed E-state index contributed by atoms with van der Waals surface area (Å²) in [5.74, 6) is 0. The molecule has 0 amide bonds. The van der Waals surface area contributed by atoms with Crippen LogP contribution in [-0.4, -0.2) is 9.55 Å². The van der Waals surface area contributed by atoms with Gasteiger partial charge in [0.05, 0.1) is 31.5 Å². The van der Waals surface area contributed by atoms with Crippen LogP contribution >= 0.6 is 22.7 Å². The van der Waals surface area contributed by atoms with Crippen LogP contribution in [0.15, 0.2) is 96.5 Å². The lowest BCUT2D eigenvalue weighted by atomic mass is 10.0. The number of fused-ring (bicyclic) bond motifs is 10. The molecular weight excluding hydrogens is 440 g/mol. The van der Waals surface area contributed by atoms with Crippen LogP contribution in [0.1, 0.15) is 0 Å². The number of aromatic nitrogens is 2. The van der Waals surface area contributed by atoms with Gasteiger partial charge < -0.3 is 4.57 Å². The van der Waals surface area contributed by atoms with Crippen molar-refractivity contribution >= 4 is 85.6 Å². The minimum Gasteiger partial charge on any atom is -0.308 e.